The lowest BCUT2D eigenvalue weighted by Crippen LogP contribution is -2.44. The highest BCUT2D eigenvalue weighted by atomic mass is 79.9. The van der Waals surface area contributed by atoms with Crippen LogP contribution >= 0.6 is 15.9 Å². The normalized spacial score (nSPS) is 27.5. The maximum Gasteiger partial charge on any atom is 0.211 e. The fourth-order valence-electron chi connectivity index (χ4n) is 1.06. The minimum absolute atomic E-state index is 0.0786. The van der Waals surface area contributed by atoms with Gasteiger partial charge in [0.05, 0.1) is 11.1 Å². The molecule has 4 nitrogen and oxygen atoms in total. The van der Waals surface area contributed by atoms with Crippen LogP contribution in [0.1, 0.15) is 6.42 Å². The second-order valence-corrected chi connectivity index (χ2v) is 5.89. The predicted octanol–water partition coefficient (Wildman–Crippen LogP) is -0.0157. The molecule has 0 aromatic carbocycles. The predicted molar refractivity (Wildman–Crippen MR) is 48.8 cm³/mol. The number of ketones is 1. The summed E-state index contributed by atoms with van der Waals surface area (Å²) in [6.45, 7) is 0.581. The summed E-state index contributed by atoms with van der Waals surface area (Å²) in [7, 11) is -3.13. The van der Waals surface area contributed by atoms with E-state index in [9.17, 15) is 13.2 Å². The number of halogens is 1. The number of hydrogen-bond donors (Lipinski definition) is 0. The number of alkyl halides is 1. The number of nitrogens with zero attached hydrogens (tertiary/aromatic N) is 1. The van der Waals surface area contributed by atoms with Crippen LogP contribution in [0.5, 0.6) is 0 Å². The van der Waals surface area contributed by atoms with Crippen LogP contribution in [0.2, 0.25) is 0 Å². The van der Waals surface area contributed by atoms with Gasteiger partial charge in [-0.15, -0.1) is 0 Å². The molecule has 0 radical (unpaired) electrons. The van der Waals surface area contributed by atoms with Gasteiger partial charge in [-0.25, -0.2) is 12.7 Å². The quantitative estimate of drug-likeness (QED) is 0.620. The van der Waals surface area contributed by atoms with E-state index in [0.29, 0.717) is 13.0 Å². The topological polar surface area (TPSA) is 54.5 Å². The van der Waals surface area contributed by atoms with Gasteiger partial charge in [-0.05, 0) is 0 Å². The van der Waals surface area contributed by atoms with Crippen LogP contribution in [0.25, 0.3) is 0 Å². The molecule has 0 spiro atoms. The molecule has 1 saturated heterocycles. The van der Waals surface area contributed by atoms with Crippen molar-refractivity contribution in [1.82, 2.24) is 4.31 Å². The molecule has 1 aliphatic heterocycles. The van der Waals surface area contributed by atoms with E-state index in [1.165, 1.54) is 4.31 Å². The first kappa shape index (κ1) is 10.1. The van der Waals surface area contributed by atoms with Crippen LogP contribution in [0, 0.1) is 0 Å². The molecule has 0 saturated carbocycles. The molecule has 0 bridgehead atoms. The van der Waals surface area contributed by atoms with E-state index in [1.54, 1.807) is 0 Å². The minimum atomic E-state index is -3.13. The fraction of sp³-hybridized carbons (Fsp3) is 0.833. The molecule has 1 heterocycles. The first-order valence-corrected chi connectivity index (χ1v) is 6.29. The highest BCUT2D eigenvalue weighted by Gasteiger charge is 2.29. The van der Waals surface area contributed by atoms with Crippen molar-refractivity contribution in [3.05, 3.63) is 0 Å². The minimum Gasteiger partial charge on any atom is -0.298 e. The van der Waals surface area contributed by atoms with E-state index in [4.69, 9.17) is 0 Å². The summed E-state index contributed by atoms with van der Waals surface area (Å²) < 4.78 is 23.4. The Morgan fingerprint density at radius 2 is 2.17 bits per heavy atom. The zero-order chi connectivity index (χ0) is 9.35. The SMILES string of the molecule is CS(=O)(=O)N1CCC(=O)[C@H](Br)C1. The largest absolute Gasteiger partial charge is 0.298 e. The third-order valence-corrected chi connectivity index (χ3v) is 3.86. The molecule has 0 unspecified atom stereocenters. The highest BCUT2D eigenvalue weighted by molar-refractivity contribution is 9.10. The van der Waals surface area contributed by atoms with E-state index in [2.05, 4.69) is 15.9 Å². The van der Waals surface area contributed by atoms with E-state index in [1.807, 2.05) is 0 Å². The first-order valence-electron chi connectivity index (χ1n) is 3.53. The molecule has 1 atom stereocenters. The number of carbonyl (C=O) groups excluding carboxylic acids is 1. The summed E-state index contributed by atoms with van der Waals surface area (Å²) in [6, 6.07) is 0. The highest BCUT2D eigenvalue weighted by Crippen LogP contribution is 2.15. The molecular formula is C6H10BrNO3S. The van der Waals surface area contributed by atoms with Crippen molar-refractivity contribution in [1.29, 1.82) is 0 Å². The van der Waals surface area contributed by atoms with Crippen molar-refractivity contribution in [2.24, 2.45) is 0 Å². The van der Waals surface area contributed by atoms with Crippen molar-refractivity contribution in [3.8, 4) is 0 Å². The maximum atomic E-state index is 11.0. The zero-order valence-electron chi connectivity index (χ0n) is 6.66. The van der Waals surface area contributed by atoms with Crippen LogP contribution < -0.4 is 0 Å². The Hall–Kier alpha value is 0.0600. The molecule has 1 aliphatic rings. The van der Waals surface area contributed by atoms with E-state index >= 15 is 0 Å². The summed E-state index contributed by atoms with van der Waals surface area (Å²) in [5.41, 5.74) is 0. The van der Waals surface area contributed by atoms with E-state index in [0.717, 1.165) is 6.26 Å². The molecule has 12 heavy (non-hydrogen) atoms. The van der Waals surface area contributed by atoms with Gasteiger partial charge in [0, 0.05) is 19.5 Å². The number of rotatable bonds is 1. The molecule has 0 aliphatic carbocycles. The van der Waals surface area contributed by atoms with Gasteiger partial charge in [0.25, 0.3) is 0 Å². The Morgan fingerprint density at radius 3 is 2.58 bits per heavy atom. The van der Waals surface area contributed by atoms with Crippen LogP contribution in [0.15, 0.2) is 0 Å². The Morgan fingerprint density at radius 1 is 1.58 bits per heavy atom. The van der Waals surface area contributed by atoms with Crippen molar-refractivity contribution in [2.45, 2.75) is 11.2 Å². The van der Waals surface area contributed by atoms with Crippen LogP contribution in [0.3, 0.4) is 0 Å². The number of sulfonamides is 1. The fourth-order valence-corrected chi connectivity index (χ4v) is 2.68. The second kappa shape index (κ2) is 3.43. The molecule has 1 rings (SSSR count). The third-order valence-electron chi connectivity index (χ3n) is 1.79. The first-order chi connectivity index (χ1) is 5.41. The van der Waals surface area contributed by atoms with Crippen molar-refractivity contribution in [2.75, 3.05) is 19.3 Å². The van der Waals surface area contributed by atoms with Gasteiger partial charge in [0.15, 0.2) is 0 Å². The molecule has 1 fully saturated rings. The number of carbonyl (C=O) groups is 1. The Kier molecular flexibility index (Phi) is 2.90. The van der Waals surface area contributed by atoms with Gasteiger partial charge in [-0.2, -0.15) is 0 Å². The summed E-state index contributed by atoms with van der Waals surface area (Å²) in [5.74, 6) is 0.0786. The second-order valence-electron chi connectivity index (χ2n) is 2.80. The average Bonchev–Trinajstić information content (AvgIpc) is 1.92. The summed E-state index contributed by atoms with van der Waals surface area (Å²) >= 11 is 3.13. The molecule has 0 aromatic heterocycles. The lowest BCUT2D eigenvalue weighted by molar-refractivity contribution is -0.119. The molecule has 70 valence electrons. The van der Waals surface area contributed by atoms with Crippen LogP contribution in [0.4, 0.5) is 0 Å². The van der Waals surface area contributed by atoms with E-state index in [-0.39, 0.29) is 17.2 Å². The molecule has 0 N–H and O–H groups in total. The van der Waals surface area contributed by atoms with Crippen LogP contribution in [-0.2, 0) is 14.8 Å². The zero-order valence-corrected chi connectivity index (χ0v) is 9.06. The van der Waals surface area contributed by atoms with Gasteiger partial charge in [0.2, 0.25) is 10.0 Å². The molecule has 0 amide bonds. The monoisotopic (exact) mass is 255 g/mol. The standard InChI is InChI=1S/C6H10BrNO3S/c1-12(10,11)8-3-2-6(9)5(7)4-8/h5H,2-4H2,1H3/t5-/m1/s1. The summed E-state index contributed by atoms with van der Waals surface area (Å²) in [5, 5.41) is 0. The van der Waals surface area contributed by atoms with Crippen LogP contribution in [-0.4, -0.2) is 42.7 Å². The molecule has 0 aromatic rings. The average molecular weight is 256 g/mol. The number of hydrogen-bond acceptors (Lipinski definition) is 3. The van der Waals surface area contributed by atoms with Gasteiger partial charge >= 0.3 is 0 Å². The Balaban J connectivity index is 2.70. The smallest absolute Gasteiger partial charge is 0.211 e. The van der Waals surface area contributed by atoms with Crippen molar-refractivity contribution in [3.63, 3.8) is 0 Å². The third kappa shape index (κ3) is 2.27. The van der Waals surface area contributed by atoms with Gasteiger partial charge in [-0.1, -0.05) is 15.9 Å². The van der Waals surface area contributed by atoms with Gasteiger partial charge in [0.1, 0.15) is 5.78 Å². The lowest BCUT2D eigenvalue weighted by Gasteiger charge is -2.26. The Labute approximate surface area is 80.1 Å². The van der Waals surface area contributed by atoms with E-state index < -0.39 is 10.0 Å². The maximum absolute atomic E-state index is 11.0. The molecular weight excluding hydrogens is 246 g/mol. The summed E-state index contributed by atoms with van der Waals surface area (Å²) in [6.07, 6.45) is 1.46. The Bertz CT molecular complexity index is 287. The molecule has 6 heteroatoms. The van der Waals surface area contributed by atoms with Crippen molar-refractivity contribution >= 4 is 31.7 Å². The van der Waals surface area contributed by atoms with Gasteiger partial charge < -0.3 is 0 Å². The summed E-state index contributed by atoms with van der Waals surface area (Å²) in [4.78, 5) is 10.7. The number of piperidine rings is 1. The van der Waals surface area contributed by atoms with Gasteiger partial charge in [-0.3, -0.25) is 4.79 Å². The van der Waals surface area contributed by atoms with Crippen molar-refractivity contribution < 1.29 is 13.2 Å². The lowest BCUT2D eigenvalue weighted by atomic mass is 10.1. The number of Topliss-reactive ketones (excluding diaryl/α,β-unsaturated/α-hetero) is 1.